The van der Waals surface area contributed by atoms with Crippen molar-refractivity contribution in [3.8, 4) is 11.8 Å². The van der Waals surface area contributed by atoms with Gasteiger partial charge in [0.15, 0.2) is 0 Å². The highest BCUT2D eigenvalue weighted by atomic mass is 32.1. The second-order valence-corrected chi connectivity index (χ2v) is 3.81. The normalized spacial score (nSPS) is 9.57. The molecule has 1 heterocycles. The van der Waals surface area contributed by atoms with Gasteiger partial charge >= 0.3 is 0 Å². The summed E-state index contributed by atoms with van der Waals surface area (Å²) in [6.45, 7) is 3.47. The first-order valence-electron chi connectivity index (χ1n) is 4.61. The molecule has 0 aliphatic rings. The zero-order valence-electron chi connectivity index (χ0n) is 8.25. The van der Waals surface area contributed by atoms with Crippen LogP contribution in [0.4, 0.5) is 0 Å². The fourth-order valence-corrected chi connectivity index (χ4v) is 1.73. The van der Waals surface area contributed by atoms with E-state index in [1.54, 1.807) is 11.3 Å². The minimum atomic E-state index is -0.0858. The average molecular weight is 210 g/mol. The lowest BCUT2D eigenvalue weighted by molar-refractivity contribution is 0.123. The third-order valence-corrected chi connectivity index (χ3v) is 2.47. The van der Waals surface area contributed by atoms with Gasteiger partial charge in [-0.2, -0.15) is 0 Å². The van der Waals surface area contributed by atoms with Gasteiger partial charge in [-0.05, 0) is 12.5 Å². The van der Waals surface area contributed by atoms with Gasteiger partial charge in [0, 0.05) is 22.4 Å². The zero-order chi connectivity index (χ0) is 10.2. The highest BCUT2D eigenvalue weighted by molar-refractivity contribution is 7.10. The van der Waals surface area contributed by atoms with Crippen molar-refractivity contribution in [3.05, 3.63) is 21.9 Å². The molecule has 0 aromatic carbocycles. The second kappa shape index (κ2) is 6.61. The monoisotopic (exact) mass is 210 g/mol. The SMILES string of the molecule is CCCOCc1cc(C#CCO)cs1. The van der Waals surface area contributed by atoms with Crippen LogP contribution < -0.4 is 0 Å². The first-order valence-corrected chi connectivity index (χ1v) is 5.49. The molecule has 0 atom stereocenters. The Bertz CT molecular complexity index is 320. The van der Waals surface area contributed by atoms with E-state index in [-0.39, 0.29) is 6.61 Å². The maximum absolute atomic E-state index is 8.51. The van der Waals surface area contributed by atoms with E-state index in [1.165, 1.54) is 4.88 Å². The average Bonchev–Trinajstić information content (AvgIpc) is 2.63. The summed E-state index contributed by atoms with van der Waals surface area (Å²) in [6.07, 6.45) is 1.04. The lowest BCUT2D eigenvalue weighted by Gasteiger charge is -1.97. The predicted octanol–water partition coefficient (Wildman–Crippen LogP) is 2.02. The van der Waals surface area contributed by atoms with Crippen molar-refractivity contribution in [1.82, 2.24) is 0 Å². The summed E-state index contributed by atoms with van der Waals surface area (Å²) in [6, 6.07) is 2.00. The van der Waals surface area contributed by atoms with Crippen molar-refractivity contribution in [1.29, 1.82) is 0 Å². The van der Waals surface area contributed by atoms with Crippen molar-refractivity contribution in [2.45, 2.75) is 20.0 Å². The molecule has 3 heteroatoms. The first kappa shape index (κ1) is 11.3. The number of hydrogen-bond donors (Lipinski definition) is 1. The summed E-state index contributed by atoms with van der Waals surface area (Å²) in [5.74, 6) is 5.48. The van der Waals surface area contributed by atoms with E-state index in [0.29, 0.717) is 6.61 Å². The number of hydrogen-bond acceptors (Lipinski definition) is 3. The van der Waals surface area contributed by atoms with Crippen LogP contribution in [0.5, 0.6) is 0 Å². The van der Waals surface area contributed by atoms with Gasteiger partial charge in [-0.3, -0.25) is 0 Å². The van der Waals surface area contributed by atoms with Crippen molar-refractivity contribution in [2.75, 3.05) is 13.2 Å². The van der Waals surface area contributed by atoms with E-state index < -0.39 is 0 Å². The molecule has 0 unspecified atom stereocenters. The molecular formula is C11H14O2S. The number of aliphatic hydroxyl groups is 1. The largest absolute Gasteiger partial charge is 0.384 e. The maximum atomic E-state index is 8.51. The first-order chi connectivity index (χ1) is 6.86. The smallest absolute Gasteiger partial charge is 0.104 e. The molecule has 1 N–H and O–H groups in total. The Morgan fingerprint density at radius 3 is 3.14 bits per heavy atom. The van der Waals surface area contributed by atoms with Gasteiger partial charge in [-0.15, -0.1) is 11.3 Å². The van der Waals surface area contributed by atoms with Crippen molar-refractivity contribution < 1.29 is 9.84 Å². The summed E-state index contributed by atoms with van der Waals surface area (Å²) >= 11 is 1.64. The lowest BCUT2D eigenvalue weighted by atomic mass is 10.3. The van der Waals surface area contributed by atoms with Gasteiger partial charge in [-0.25, -0.2) is 0 Å². The molecule has 0 saturated carbocycles. The highest BCUT2D eigenvalue weighted by Gasteiger charge is 1.97. The van der Waals surface area contributed by atoms with Crippen LogP contribution in [0.25, 0.3) is 0 Å². The van der Waals surface area contributed by atoms with E-state index in [9.17, 15) is 0 Å². The number of rotatable bonds is 4. The minimum Gasteiger partial charge on any atom is -0.384 e. The molecule has 0 spiro atoms. The number of ether oxygens (including phenoxy) is 1. The summed E-state index contributed by atoms with van der Waals surface area (Å²) in [7, 11) is 0. The molecule has 76 valence electrons. The summed E-state index contributed by atoms with van der Waals surface area (Å²) in [4.78, 5) is 1.18. The van der Waals surface area contributed by atoms with Crippen LogP contribution in [0, 0.1) is 11.8 Å². The molecule has 2 nitrogen and oxygen atoms in total. The Kier molecular flexibility index (Phi) is 5.31. The van der Waals surface area contributed by atoms with Crippen LogP contribution in [0.2, 0.25) is 0 Å². The Morgan fingerprint density at radius 2 is 2.43 bits per heavy atom. The van der Waals surface area contributed by atoms with Crippen LogP contribution in [-0.4, -0.2) is 18.3 Å². The Hall–Kier alpha value is -0.820. The van der Waals surface area contributed by atoms with E-state index in [1.807, 2.05) is 11.4 Å². The topological polar surface area (TPSA) is 29.5 Å². The molecule has 0 bridgehead atoms. The highest BCUT2D eigenvalue weighted by Crippen LogP contribution is 2.14. The van der Waals surface area contributed by atoms with Crippen LogP contribution in [0.3, 0.4) is 0 Å². The lowest BCUT2D eigenvalue weighted by Crippen LogP contribution is -1.90. The van der Waals surface area contributed by atoms with E-state index in [0.717, 1.165) is 18.6 Å². The van der Waals surface area contributed by atoms with Gasteiger partial charge in [0.1, 0.15) is 6.61 Å². The molecule has 0 radical (unpaired) electrons. The van der Waals surface area contributed by atoms with E-state index in [4.69, 9.17) is 9.84 Å². The minimum absolute atomic E-state index is 0.0858. The summed E-state index contributed by atoms with van der Waals surface area (Å²) in [5, 5.41) is 10.5. The second-order valence-electron chi connectivity index (χ2n) is 2.81. The molecule has 0 amide bonds. The van der Waals surface area contributed by atoms with Crippen LogP contribution >= 0.6 is 11.3 Å². The zero-order valence-corrected chi connectivity index (χ0v) is 9.06. The maximum Gasteiger partial charge on any atom is 0.104 e. The Morgan fingerprint density at radius 1 is 1.57 bits per heavy atom. The Balaban J connectivity index is 2.42. The molecule has 0 fully saturated rings. The molecule has 0 saturated heterocycles. The number of aliphatic hydroxyl groups excluding tert-OH is 1. The molecule has 0 aliphatic carbocycles. The third-order valence-electron chi connectivity index (χ3n) is 1.56. The molecule has 14 heavy (non-hydrogen) atoms. The van der Waals surface area contributed by atoms with Crippen LogP contribution in [0.15, 0.2) is 11.4 Å². The molecule has 1 aromatic heterocycles. The number of thiophene rings is 1. The fraction of sp³-hybridized carbons (Fsp3) is 0.455. The Labute approximate surface area is 88.5 Å². The fourth-order valence-electron chi connectivity index (χ4n) is 0.981. The van der Waals surface area contributed by atoms with E-state index in [2.05, 4.69) is 18.8 Å². The van der Waals surface area contributed by atoms with Crippen molar-refractivity contribution >= 4 is 11.3 Å². The third kappa shape index (κ3) is 3.93. The molecular weight excluding hydrogens is 196 g/mol. The van der Waals surface area contributed by atoms with Crippen LogP contribution in [0.1, 0.15) is 23.8 Å². The van der Waals surface area contributed by atoms with Gasteiger partial charge in [0.25, 0.3) is 0 Å². The van der Waals surface area contributed by atoms with Crippen LogP contribution in [-0.2, 0) is 11.3 Å². The van der Waals surface area contributed by atoms with Gasteiger partial charge in [0.05, 0.1) is 6.61 Å². The van der Waals surface area contributed by atoms with Gasteiger partial charge < -0.3 is 9.84 Å². The summed E-state index contributed by atoms with van der Waals surface area (Å²) < 4.78 is 5.40. The molecule has 1 aromatic rings. The van der Waals surface area contributed by atoms with E-state index >= 15 is 0 Å². The van der Waals surface area contributed by atoms with Crippen molar-refractivity contribution in [2.24, 2.45) is 0 Å². The van der Waals surface area contributed by atoms with Gasteiger partial charge in [-0.1, -0.05) is 18.8 Å². The quantitative estimate of drug-likeness (QED) is 0.608. The molecule has 0 aliphatic heterocycles. The van der Waals surface area contributed by atoms with Crippen molar-refractivity contribution in [3.63, 3.8) is 0 Å². The standard InChI is InChI=1S/C11H14O2S/c1-2-6-13-8-11-7-10(9-14-11)4-3-5-12/h7,9,12H,2,5-6,8H2,1H3. The predicted molar refractivity (Wildman–Crippen MR) is 58.2 cm³/mol. The van der Waals surface area contributed by atoms with Gasteiger partial charge in [0.2, 0.25) is 0 Å². The summed E-state index contributed by atoms with van der Waals surface area (Å²) in [5.41, 5.74) is 0.958. The molecule has 1 rings (SSSR count).